The highest BCUT2D eigenvalue weighted by Gasteiger charge is 2.31. The molecule has 2 aromatic heterocycles. The Balaban J connectivity index is 1.70. The quantitative estimate of drug-likeness (QED) is 0.502. The van der Waals surface area contributed by atoms with Gasteiger partial charge in [-0.2, -0.15) is 14.7 Å². The van der Waals surface area contributed by atoms with Crippen molar-refractivity contribution in [2.24, 2.45) is 0 Å². The van der Waals surface area contributed by atoms with E-state index in [9.17, 15) is 9.59 Å². The minimum absolute atomic E-state index is 0.121. The summed E-state index contributed by atoms with van der Waals surface area (Å²) >= 11 is 0. The predicted octanol–water partition coefficient (Wildman–Crippen LogP) is 4.47. The molecule has 0 aliphatic rings. The molecule has 0 spiro atoms. The van der Waals surface area contributed by atoms with Crippen molar-refractivity contribution in [2.45, 2.75) is 0 Å². The van der Waals surface area contributed by atoms with Crippen LogP contribution in [0, 0.1) is 0 Å². The van der Waals surface area contributed by atoms with Crippen LogP contribution in [0.15, 0.2) is 97.3 Å². The minimum atomic E-state index is -0.945. The Hall–Kier alpha value is -4.46. The van der Waals surface area contributed by atoms with Gasteiger partial charge in [-0.25, -0.2) is 14.6 Å². The Morgan fingerprint density at radius 3 is 1.80 bits per heavy atom. The average Bonchev–Trinajstić information content (AvgIpc) is 3.25. The molecule has 0 bridgehead atoms. The van der Waals surface area contributed by atoms with Crippen LogP contribution in [0.1, 0.15) is 0 Å². The maximum absolute atomic E-state index is 13.0. The van der Waals surface area contributed by atoms with Gasteiger partial charge in [-0.15, -0.1) is 0 Å². The van der Waals surface area contributed by atoms with E-state index in [-0.39, 0.29) is 17.3 Å². The smallest absolute Gasteiger partial charge is 0.410 e. The second-order valence-electron chi connectivity index (χ2n) is 5.99. The van der Waals surface area contributed by atoms with E-state index in [0.717, 1.165) is 4.90 Å². The first kappa shape index (κ1) is 18.9. The summed E-state index contributed by atoms with van der Waals surface area (Å²) in [5.74, 6) is 1.10. The second kappa shape index (κ2) is 8.70. The highest BCUT2D eigenvalue weighted by atomic mass is 16.6. The van der Waals surface area contributed by atoms with Crippen LogP contribution in [0.5, 0.6) is 11.5 Å². The molecule has 30 heavy (non-hydrogen) atoms. The van der Waals surface area contributed by atoms with Crippen molar-refractivity contribution in [3.8, 4) is 17.3 Å². The topological polar surface area (TPSA) is 86.5 Å². The molecule has 8 nitrogen and oxygen atoms in total. The number of rotatable bonds is 4. The Morgan fingerprint density at radius 2 is 1.27 bits per heavy atom. The molecule has 0 fully saturated rings. The first-order chi connectivity index (χ1) is 14.7. The maximum atomic E-state index is 13.0. The van der Waals surface area contributed by atoms with Gasteiger partial charge in [-0.1, -0.05) is 42.5 Å². The fourth-order valence-electron chi connectivity index (χ4n) is 2.65. The summed E-state index contributed by atoms with van der Waals surface area (Å²) < 4.78 is 12.1. The third-order valence-electron chi connectivity index (χ3n) is 3.98. The maximum Gasteiger partial charge on any atom is 0.430 e. The number of ether oxygens (including phenoxy) is 2. The molecular weight excluding hydrogens is 384 g/mol. The first-order valence-corrected chi connectivity index (χ1v) is 9.01. The number of amides is 2. The van der Waals surface area contributed by atoms with Gasteiger partial charge >= 0.3 is 12.2 Å². The van der Waals surface area contributed by atoms with Gasteiger partial charge in [0.1, 0.15) is 11.5 Å². The highest BCUT2D eigenvalue weighted by Crippen LogP contribution is 2.22. The van der Waals surface area contributed by atoms with Gasteiger partial charge in [0.15, 0.2) is 11.6 Å². The van der Waals surface area contributed by atoms with Crippen molar-refractivity contribution in [1.82, 2.24) is 14.8 Å². The van der Waals surface area contributed by atoms with Crippen molar-refractivity contribution >= 4 is 18.0 Å². The number of carbonyl (C=O) groups is 2. The minimum Gasteiger partial charge on any atom is -0.410 e. The fourth-order valence-corrected chi connectivity index (χ4v) is 2.65. The lowest BCUT2D eigenvalue weighted by Crippen LogP contribution is -2.42. The van der Waals surface area contributed by atoms with Crippen LogP contribution >= 0.6 is 0 Å². The molecule has 8 heteroatoms. The molecule has 4 rings (SSSR count). The molecule has 0 radical (unpaired) electrons. The summed E-state index contributed by atoms with van der Waals surface area (Å²) in [4.78, 5) is 30.9. The number of nitrogens with zero attached hydrogens (tertiary/aromatic N) is 4. The van der Waals surface area contributed by atoms with E-state index in [2.05, 4.69) is 10.1 Å². The van der Waals surface area contributed by atoms with Crippen molar-refractivity contribution in [3.05, 3.63) is 97.3 Å². The van der Waals surface area contributed by atoms with Crippen molar-refractivity contribution in [3.63, 3.8) is 0 Å². The molecule has 148 valence electrons. The summed E-state index contributed by atoms with van der Waals surface area (Å²) in [5, 5.41) is 4.18. The molecule has 0 aliphatic carbocycles. The van der Waals surface area contributed by atoms with E-state index in [0.29, 0.717) is 5.82 Å². The van der Waals surface area contributed by atoms with Gasteiger partial charge < -0.3 is 9.47 Å². The fraction of sp³-hybridized carbons (Fsp3) is 0. The van der Waals surface area contributed by atoms with Crippen molar-refractivity contribution in [1.29, 1.82) is 0 Å². The first-order valence-electron chi connectivity index (χ1n) is 9.01. The summed E-state index contributed by atoms with van der Waals surface area (Å²) in [7, 11) is 0. The lowest BCUT2D eigenvalue weighted by atomic mass is 10.3. The zero-order valence-electron chi connectivity index (χ0n) is 15.7. The van der Waals surface area contributed by atoms with E-state index in [1.807, 2.05) is 0 Å². The standard InChI is InChI=1S/C22H16N4O4/c27-21(29-17-9-3-1-4-10-17)25(22(28)30-18-11-5-2-6-12-18)20-14-16-24-26(20)19-13-7-8-15-23-19/h1-16H. The van der Waals surface area contributed by atoms with Gasteiger partial charge in [0.25, 0.3) is 0 Å². The number of aromatic nitrogens is 3. The van der Waals surface area contributed by atoms with Crippen molar-refractivity contribution < 1.29 is 19.1 Å². The molecule has 0 saturated heterocycles. The van der Waals surface area contributed by atoms with Gasteiger partial charge in [-0.05, 0) is 36.4 Å². The van der Waals surface area contributed by atoms with E-state index in [1.165, 1.54) is 16.9 Å². The number of carbonyl (C=O) groups excluding carboxylic acids is 2. The lowest BCUT2D eigenvalue weighted by Gasteiger charge is -2.20. The number of hydrogen-bond donors (Lipinski definition) is 0. The van der Waals surface area contributed by atoms with Gasteiger partial charge in [-0.3, -0.25) is 0 Å². The predicted molar refractivity (Wildman–Crippen MR) is 109 cm³/mol. The van der Waals surface area contributed by atoms with Crippen molar-refractivity contribution in [2.75, 3.05) is 4.90 Å². The number of benzene rings is 2. The molecule has 0 saturated carbocycles. The molecule has 0 unspecified atom stereocenters. The number of hydrogen-bond acceptors (Lipinski definition) is 6. The molecule has 0 aliphatic heterocycles. The summed E-state index contributed by atoms with van der Waals surface area (Å²) in [6.07, 6.45) is 1.14. The van der Waals surface area contributed by atoms with Crippen LogP contribution in [0.2, 0.25) is 0 Å². The zero-order valence-corrected chi connectivity index (χ0v) is 15.7. The molecule has 2 aromatic carbocycles. The third kappa shape index (κ3) is 4.17. The van der Waals surface area contributed by atoms with Gasteiger partial charge in [0, 0.05) is 12.3 Å². The third-order valence-corrected chi connectivity index (χ3v) is 3.98. The summed E-state index contributed by atoms with van der Waals surface area (Å²) in [5.41, 5.74) is 0. The molecule has 4 aromatic rings. The molecular formula is C22H16N4O4. The Labute approximate surface area is 171 Å². The van der Waals surface area contributed by atoms with E-state index in [4.69, 9.17) is 9.47 Å². The highest BCUT2D eigenvalue weighted by molar-refractivity contribution is 6.10. The largest absolute Gasteiger partial charge is 0.430 e. The number of imide groups is 1. The lowest BCUT2D eigenvalue weighted by molar-refractivity contribution is 0.190. The van der Waals surface area contributed by atoms with E-state index < -0.39 is 12.2 Å². The summed E-state index contributed by atoms with van der Waals surface area (Å²) in [6.45, 7) is 0. The number of pyridine rings is 1. The normalized spacial score (nSPS) is 10.3. The average molecular weight is 400 g/mol. The SMILES string of the molecule is O=C(Oc1ccccc1)N(C(=O)Oc1ccccc1)c1ccnn1-c1ccccn1. The van der Waals surface area contributed by atoms with Crippen LogP contribution in [0.4, 0.5) is 15.4 Å². The van der Waals surface area contributed by atoms with Crippen LogP contribution in [0.3, 0.4) is 0 Å². The zero-order chi connectivity index (χ0) is 20.8. The van der Waals surface area contributed by atoms with Crippen LogP contribution in [-0.4, -0.2) is 27.0 Å². The molecule has 0 atom stereocenters. The number of anilines is 1. The monoisotopic (exact) mass is 400 g/mol. The number of para-hydroxylation sites is 2. The Bertz CT molecular complexity index is 1080. The van der Waals surface area contributed by atoms with Crippen LogP contribution in [0.25, 0.3) is 5.82 Å². The summed E-state index contributed by atoms with van der Waals surface area (Å²) in [6, 6.07) is 23.6. The van der Waals surface area contributed by atoms with Gasteiger partial charge in [0.2, 0.25) is 0 Å². The molecule has 2 amide bonds. The van der Waals surface area contributed by atoms with E-state index >= 15 is 0 Å². The van der Waals surface area contributed by atoms with Crippen LogP contribution in [-0.2, 0) is 0 Å². The molecule has 2 heterocycles. The van der Waals surface area contributed by atoms with Gasteiger partial charge in [0.05, 0.1) is 6.20 Å². The van der Waals surface area contributed by atoms with Crippen LogP contribution < -0.4 is 14.4 Å². The Morgan fingerprint density at radius 1 is 0.700 bits per heavy atom. The molecule has 0 N–H and O–H groups in total. The second-order valence-corrected chi connectivity index (χ2v) is 5.99. The Kier molecular flexibility index (Phi) is 5.47. The van der Waals surface area contributed by atoms with E-state index in [1.54, 1.807) is 85.1 Å².